The molecule has 0 radical (unpaired) electrons. The highest BCUT2D eigenvalue weighted by atomic mass is 32.1. The van der Waals surface area contributed by atoms with Gasteiger partial charge < -0.3 is 14.7 Å². The molecule has 2 atom stereocenters. The van der Waals surface area contributed by atoms with Gasteiger partial charge in [-0.15, -0.1) is 11.3 Å². The Balaban J connectivity index is 1.51. The number of nitrogens with zero attached hydrogens (tertiary/aromatic N) is 2. The van der Waals surface area contributed by atoms with E-state index in [2.05, 4.69) is 4.90 Å². The van der Waals surface area contributed by atoms with E-state index in [0.717, 1.165) is 32.6 Å². The summed E-state index contributed by atoms with van der Waals surface area (Å²) in [5, 5.41) is 11.8. The number of fused-ring (bicyclic) bond motifs is 1. The van der Waals surface area contributed by atoms with Gasteiger partial charge in [-0.2, -0.15) is 0 Å². The predicted molar refractivity (Wildman–Crippen MR) is 89.2 cm³/mol. The topological polar surface area (TPSA) is 70.1 Å². The van der Waals surface area contributed by atoms with Crippen molar-refractivity contribution < 1.29 is 19.4 Å². The van der Waals surface area contributed by atoms with Gasteiger partial charge in [0.15, 0.2) is 0 Å². The van der Waals surface area contributed by atoms with Crippen molar-refractivity contribution in [1.29, 1.82) is 0 Å². The van der Waals surface area contributed by atoms with Gasteiger partial charge in [0, 0.05) is 51.4 Å². The lowest BCUT2D eigenvalue weighted by Crippen LogP contribution is -2.45. The molecular weight excluding hydrogens is 328 g/mol. The Morgan fingerprint density at radius 2 is 2.04 bits per heavy atom. The van der Waals surface area contributed by atoms with Crippen LogP contribution >= 0.6 is 11.3 Å². The molecule has 6 nitrogen and oxygen atoms in total. The molecule has 0 aliphatic carbocycles. The third-order valence-corrected chi connectivity index (χ3v) is 6.65. The van der Waals surface area contributed by atoms with E-state index in [1.165, 1.54) is 11.3 Å². The summed E-state index contributed by atoms with van der Waals surface area (Å²) in [5.74, 6) is -0.775. The van der Waals surface area contributed by atoms with E-state index in [1.807, 2.05) is 17.5 Å². The maximum absolute atomic E-state index is 12.6. The first-order valence-corrected chi connectivity index (χ1v) is 9.36. The molecule has 0 aromatic carbocycles. The van der Waals surface area contributed by atoms with E-state index in [-0.39, 0.29) is 11.8 Å². The van der Waals surface area contributed by atoms with Crippen LogP contribution in [0.1, 0.15) is 22.5 Å². The standard InChI is InChI=1S/C17H22N2O4S/c20-15(14-2-1-7-24-14)19-9-12-8-18(13-3-5-23-6-4-13)10-17(12,11-19)16(21)22/h1-2,7,12-13H,3-6,8-11H2,(H,21,22)/t12-,17-/m1/s1. The first-order chi connectivity index (χ1) is 11.6. The predicted octanol–water partition coefficient (Wildman–Crippen LogP) is 1.39. The fraction of sp³-hybridized carbons (Fsp3) is 0.647. The fourth-order valence-electron chi connectivity index (χ4n) is 4.45. The molecule has 130 valence electrons. The van der Waals surface area contributed by atoms with Gasteiger partial charge in [-0.1, -0.05) is 6.07 Å². The highest BCUT2D eigenvalue weighted by Gasteiger charge is 2.59. The van der Waals surface area contributed by atoms with Crippen molar-refractivity contribution in [2.45, 2.75) is 18.9 Å². The highest BCUT2D eigenvalue weighted by molar-refractivity contribution is 7.12. The number of likely N-dealkylation sites (tertiary alicyclic amines) is 2. The summed E-state index contributed by atoms with van der Waals surface area (Å²) >= 11 is 1.41. The smallest absolute Gasteiger partial charge is 0.313 e. The maximum atomic E-state index is 12.6. The average Bonchev–Trinajstić information content (AvgIpc) is 3.29. The summed E-state index contributed by atoms with van der Waals surface area (Å²) in [6.07, 6.45) is 1.94. The molecule has 7 heteroatoms. The number of thiophene rings is 1. The second-order valence-electron chi connectivity index (χ2n) is 7.09. The van der Waals surface area contributed by atoms with E-state index in [9.17, 15) is 14.7 Å². The second-order valence-corrected chi connectivity index (χ2v) is 8.04. The minimum absolute atomic E-state index is 0.0155. The summed E-state index contributed by atoms with van der Waals surface area (Å²) in [7, 11) is 0. The van der Waals surface area contributed by atoms with E-state index in [4.69, 9.17) is 4.74 Å². The number of rotatable bonds is 3. The first-order valence-electron chi connectivity index (χ1n) is 8.48. The number of carbonyl (C=O) groups is 2. The van der Waals surface area contributed by atoms with Crippen LogP contribution in [0.3, 0.4) is 0 Å². The van der Waals surface area contributed by atoms with Gasteiger partial charge >= 0.3 is 5.97 Å². The van der Waals surface area contributed by atoms with E-state index in [1.54, 1.807) is 4.90 Å². The van der Waals surface area contributed by atoms with Crippen LogP contribution in [0, 0.1) is 11.3 Å². The van der Waals surface area contributed by atoms with Gasteiger partial charge in [0.2, 0.25) is 0 Å². The quantitative estimate of drug-likeness (QED) is 0.892. The Morgan fingerprint density at radius 1 is 1.25 bits per heavy atom. The molecule has 0 saturated carbocycles. The Hall–Kier alpha value is -1.44. The summed E-state index contributed by atoms with van der Waals surface area (Å²) in [4.78, 5) is 29.5. The second kappa shape index (κ2) is 6.13. The minimum atomic E-state index is -0.814. The molecule has 3 aliphatic heterocycles. The SMILES string of the molecule is O=C(c1cccs1)N1C[C@H]2CN(C3CCOCC3)C[C@@]2(C(=O)O)C1. The maximum Gasteiger partial charge on any atom is 0.313 e. The lowest BCUT2D eigenvalue weighted by molar-refractivity contribution is -0.148. The van der Waals surface area contributed by atoms with Crippen LogP contribution in [0.25, 0.3) is 0 Å². The number of ether oxygens (including phenoxy) is 1. The molecule has 1 aromatic heterocycles. The van der Waals surface area contributed by atoms with Crippen molar-refractivity contribution in [2.75, 3.05) is 39.4 Å². The third-order valence-electron chi connectivity index (χ3n) is 5.79. The Kier molecular flexibility index (Phi) is 4.10. The molecule has 24 heavy (non-hydrogen) atoms. The summed E-state index contributed by atoms with van der Waals surface area (Å²) in [6.45, 7) is 3.70. The van der Waals surface area contributed by atoms with Crippen molar-refractivity contribution >= 4 is 23.2 Å². The molecule has 0 unspecified atom stereocenters. The Bertz CT molecular complexity index is 629. The minimum Gasteiger partial charge on any atom is -0.481 e. The van der Waals surface area contributed by atoms with Gasteiger partial charge in [0.05, 0.1) is 4.88 Å². The zero-order valence-corrected chi connectivity index (χ0v) is 14.3. The Labute approximate surface area is 145 Å². The number of hydrogen-bond acceptors (Lipinski definition) is 5. The van der Waals surface area contributed by atoms with E-state index in [0.29, 0.717) is 30.6 Å². The van der Waals surface area contributed by atoms with Crippen LogP contribution in [0.4, 0.5) is 0 Å². The van der Waals surface area contributed by atoms with Crippen LogP contribution in [-0.4, -0.2) is 72.2 Å². The zero-order chi connectivity index (χ0) is 16.7. The van der Waals surface area contributed by atoms with Gasteiger partial charge in [0.1, 0.15) is 5.41 Å². The molecule has 1 N–H and O–H groups in total. The molecule has 4 heterocycles. The van der Waals surface area contributed by atoms with E-state index >= 15 is 0 Å². The van der Waals surface area contributed by atoms with Gasteiger partial charge in [-0.3, -0.25) is 14.5 Å². The third kappa shape index (κ3) is 2.55. The molecule has 3 fully saturated rings. The van der Waals surface area contributed by atoms with Crippen LogP contribution in [0.2, 0.25) is 0 Å². The zero-order valence-electron chi connectivity index (χ0n) is 13.5. The number of hydrogen-bond donors (Lipinski definition) is 1. The van der Waals surface area contributed by atoms with Crippen molar-refractivity contribution in [2.24, 2.45) is 11.3 Å². The number of amides is 1. The highest BCUT2D eigenvalue weighted by Crippen LogP contribution is 2.44. The number of carboxylic acid groups (broad SMARTS) is 1. The van der Waals surface area contributed by atoms with Crippen LogP contribution in [0.5, 0.6) is 0 Å². The lowest BCUT2D eigenvalue weighted by atomic mass is 9.81. The normalized spacial score (nSPS) is 31.3. The summed E-state index contributed by atoms with van der Waals surface area (Å²) in [5.41, 5.74) is -0.814. The fourth-order valence-corrected chi connectivity index (χ4v) is 5.14. The molecule has 4 rings (SSSR count). The van der Waals surface area contributed by atoms with Crippen molar-refractivity contribution in [3.05, 3.63) is 22.4 Å². The molecule has 0 bridgehead atoms. The largest absolute Gasteiger partial charge is 0.481 e. The molecule has 0 spiro atoms. The number of carbonyl (C=O) groups excluding carboxylic acids is 1. The summed E-state index contributed by atoms with van der Waals surface area (Å²) < 4.78 is 5.42. The van der Waals surface area contributed by atoms with Gasteiger partial charge in [-0.05, 0) is 24.3 Å². The van der Waals surface area contributed by atoms with Crippen LogP contribution in [0.15, 0.2) is 17.5 Å². The summed E-state index contributed by atoms with van der Waals surface area (Å²) in [6, 6.07) is 4.08. The lowest BCUT2D eigenvalue weighted by Gasteiger charge is -2.33. The first kappa shape index (κ1) is 16.1. The molecular formula is C17H22N2O4S. The molecule has 1 amide bonds. The van der Waals surface area contributed by atoms with Gasteiger partial charge in [0.25, 0.3) is 5.91 Å². The number of aliphatic carboxylic acids is 1. The van der Waals surface area contributed by atoms with Crippen molar-refractivity contribution in [3.8, 4) is 0 Å². The molecule has 1 aromatic rings. The Morgan fingerprint density at radius 3 is 2.67 bits per heavy atom. The van der Waals surface area contributed by atoms with Crippen LogP contribution in [-0.2, 0) is 9.53 Å². The average molecular weight is 350 g/mol. The van der Waals surface area contributed by atoms with Crippen LogP contribution < -0.4 is 0 Å². The molecule has 3 aliphatic rings. The number of carboxylic acids is 1. The van der Waals surface area contributed by atoms with Gasteiger partial charge in [-0.25, -0.2) is 0 Å². The monoisotopic (exact) mass is 350 g/mol. The van der Waals surface area contributed by atoms with Crippen molar-refractivity contribution in [3.63, 3.8) is 0 Å². The van der Waals surface area contributed by atoms with E-state index < -0.39 is 11.4 Å². The van der Waals surface area contributed by atoms with Crippen molar-refractivity contribution in [1.82, 2.24) is 9.80 Å². The molecule has 3 saturated heterocycles.